The standard InChI is InChI=1S/C31H52N2O/c1-4-6-7-8-9-10-11-12-13-14-15-16-17-18-22-25-31(34)33(5-2)29(3)26-27-32-28-30-23-20-19-21-24-30/h12-13,19-21,23-24,26,32H,4-11,14-18,22,25,27-28H2,1-3H3/b13-12-,29-26?. The summed E-state index contributed by atoms with van der Waals surface area (Å²) in [5, 5.41) is 3.43. The van der Waals surface area contributed by atoms with Gasteiger partial charge in [0.1, 0.15) is 0 Å². The van der Waals surface area contributed by atoms with Crippen LogP contribution < -0.4 is 5.32 Å². The predicted molar refractivity (Wildman–Crippen MR) is 149 cm³/mol. The van der Waals surface area contributed by atoms with E-state index in [-0.39, 0.29) is 5.91 Å². The number of allylic oxidation sites excluding steroid dienone is 3. The van der Waals surface area contributed by atoms with E-state index in [1.807, 2.05) is 17.9 Å². The molecule has 1 N–H and O–H groups in total. The summed E-state index contributed by atoms with van der Waals surface area (Å²) in [7, 11) is 0. The lowest BCUT2D eigenvalue weighted by Gasteiger charge is -2.22. The summed E-state index contributed by atoms with van der Waals surface area (Å²) in [5.74, 6) is 0.261. The van der Waals surface area contributed by atoms with Gasteiger partial charge in [-0.3, -0.25) is 4.79 Å². The SMILES string of the molecule is CCCCCCCC/C=C\CCCCCCCC(=O)N(CC)C(C)=CCNCc1ccccc1. The van der Waals surface area contributed by atoms with Gasteiger partial charge in [-0.25, -0.2) is 0 Å². The maximum atomic E-state index is 12.7. The zero-order chi connectivity index (χ0) is 24.7. The van der Waals surface area contributed by atoms with Gasteiger partial charge in [0.2, 0.25) is 5.91 Å². The zero-order valence-corrected chi connectivity index (χ0v) is 22.5. The van der Waals surface area contributed by atoms with Crippen molar-refractivity contribution in [2.24, 2.45) is 0 Å². The van der Waals surface area contributed by atoms with Crippen molar-refractivity contribution in [3.8, 4) is 0 Å². The second kappa shape index (κ2) is 21.6. The minimum atomic E-state index is 0.261. The number of unbranched alkanes of at least 4 members (excludes halogenated alkanes) is 11. The monoisotopic (exact) mass is 468 g/mol. The smallest absolute Gasteiger partial charge is 0.226 e. The Morgan fingerprint density at radius 2 is 1.41 bits per heavy atom. The molecule has 0 aliphatic carbocycles. The Morgan fingerprint density at radius 3 is 2.03 bits per heavy atom. The lowest BCUT2D eigenvalue weighted by molar-refractivity contribution is -0.129. The first-order valence-corrected chi connectivity index (χ1v) is 14.1. The Bertz CT molecular complexity index is 665. The van der Waals surface area contributed by atoms with Gasteiger partial charge in [-0.05, 0) is 51.5 Å². The van der Waals surface area contributed by atoms with E-state index >= 15 is 0 Å². The largest absolute Gasteiger partial charge is 0.317 e. The molecule has 0 radical (unpaired) electrons. The zero-order valence-electron chi connectivity index (χ0n) is 22.5. The van der Waals surface area contributed by atoms with Crippen LogP contribution in [0.4, 0.5) is 0 Å². The molecule has 34 heavy (non-hydrogen) atoms. The maximum Gasteiger partial charge on any atom is 0.226 e. The van der Waals surface area contributed by atoms with E-state index in [2.05, 4.69) is 61.7 Å². The molecule has 0 saturated heterocycles. The number of carbonyl (C=O) groups excluding carboxylic acids is 1. The highest BCUT2D eigenvalue weighted by Crippen LogP contribution is 2.12. The van der Waals surface area contributed by atoms with E-state index in [0.717, 1.165) is 38.2 Å². The van der Waals surface area contributed by atoms with E-state index in [0.29, 0.717) is 6.42 Å². The Balaban J connectivity index is 2.04. The van der Waals surface area contributed by atoms with Crippen molar-refractivity contribution in [3.05, 3.63) is 59.8 Å². The van der Waals surface area contributed by atoms with E-state index < -0.39 is 0 Å². The van der Waals surface area contributed by atoms with Crippen LogP contribution in [0.1, 0.15) is 116 Å². The number of nitrogens with one attached hydrogen (secondary N) is 1. The van der Waals surface area contributed by atoms with Crippen molar-refractivity contribution < 1.29 is 4.79 Å². The van der Waals surface area contributed by atoms with Crippen molar-refractivity contribution in [3.63, 3.8) is 0 Å². The van der Waals surface area contributed by atoms with E-state index in [1.54, 1.807) is 0 Å². The van der Waals surface area contributed by atoms with E-state index in [4.69, 9.17) is 0 Å². The van der Waals surface area contributed by atoms with Gasteiger partial charge in [-0.1, -0.05) is 107 Å². The van der Waals surface area contributed by atoms with Crippen LogP contribution in [0.2, 0.25) is 0 Å². The average Bonchev–Trinajstić information content (AvgIpc) is 2.85. The molecule has 0 aromatic heterocycles. The molecule has 1 rings (SSSR count). The molecular weight excluding hydrogens is 416 g/mol. The highest BCUT2D eigenvalue weighted by atomic mass is 16.2. The molecule has 3 heteroatoms. The molecule has 0 unspecified atom stereocenters. The fourth-order valence-electron chi connectivity index (χ4n) is 4.25. The predicted octanol–water partition coefficient (Wildman–Crippen LogP) is 8.57. The van der Waals surface area contributed by atoms with Crippen LogP contribution in [0.5, 0.6) is 0 Å². The van der Waals surface area contributed by atoms with Crippen molar-refractivity contribution in [2.45, 2.75) is 117 Å². The molecular formula is C31H52N2O. The molecule has 1 aromatic carbocycles. The molecule has 0 fully saturated rings. The van der Waals surface area contributed by atoms with E-state index in [9.17, 15) is 4.79 Å². The first-order valence-electron chi connectivity index (χ1n) is 14.1. The molecule has 0 heterocycles. The van der Waals surface area contributed by atoms with Crippen LogP contribution in [0.3, 0.4) is 0 Å². The second-order valence-electron chi connectivity index (χ2n) is 9.43. The number of benzene rings is 1. The van der Waals surface area contributed by atoms with Crippen LogP contribution in [0.15, 0.2) is 54.3 Å². The van der Waals surface area contributed by atoms with Crippen LogP contribution in [-0.2, 0) is 11.3 Å². The molecule has 0 aliphatic rings. The third-order valence-corrected chi connectivity index (χ3v) is 6.41. The maximum absolute atomic E-state index is 12.7. The molecule has 0 bridgehead atoms. The van der Waals surface area contributed by atoms with Gasteiger partial charge in [-0.2, -0.15) is 0 Å². The number of carbonyl (C=O) groups is 1. The first kappa shape index (κ1) is 30.2. The number of amides is 1. The third kappa shape index (κ3) is 15.9. The van der Waals surface area contributed by atoms with Gasteiger partial charge >= 0.3 is 0 Å². The van der Waals surface area contributed by atoms with Crippen LogP contribution >= 0.6 is 0 Å². The Labute approximate surface area is 211 Å². The minimum absolute atomic E-state index is 0.261. The molecule has 1 amide bonds. The summed E-state index contributed by atoms with van der Waals surface area (Å²) in [5.41, 5.74) is 2.34. The lowest BCUT2D eigenvalue weighted by Crippen LogP contribution is -2.29. The van der Waals surface area contributed by atoms with Gasteiger partial charge in [0.15, 0.2) is 0 Å². The van der Waals surface area contributed by atoms with Gasteiger partial charge in [0, 0.05) is 31.8 Å². The van der Waals surface area contributed by atoms with Crippen molar-refractivity contribution >= 4 is 5.91 Å². The lowest BCUT2D eigenvalue weighted by atomic mass is 10.1. The summed E-state index contributed by atoms with van der Waals surface area (Å²) in [6, 6.07) is 10.4. The van der Waals surface area contributed by atoms with Crippen molar-refractivity contribution in [1.29, 1.82) is 0 Å². The summed E-state index contributed by atoms with van der Waals surface area (Å²) in [6.07, 6.45) is 24.2. The Hall–Kier alpha value is -1.87. The number of hydrogen-bond donors (Lipinski definition) is 1. The molecule has 192 valence electrons. The van der Waals surface area contributed by atoms with E-state index in [1.165, 1.54) is 76.2 Å². The number of rotatable bonds is 21. The molecule has 0 aliphatic heterocycles. The topological polar surface area (TPSA) is 32.3 Å². The summed E-state index contributed by atoms with van der Waals surface area (Å²) in [6.45, 7) is 8.75. The molecule has 0 atom stereocenters. The van der Waals surface area contributed by atoms with Crippen LogP contribution in [-0.4, -0.2) is 23.9 Å². The van der Waals surface area contributed by atoms with Gasteiger partial charge < -0.3 is 10.2 Å². The highest BCUT2D eigenvalue weighted by molar-refractivity contribution is 5.77. The van der Waals surface area contributed by atoms with Gasteiger partial charge in [-0.15, -0.1) is 0 Å². The molecule has 0 spiro atoms. The highest BCUT2D eigenvalue weighted by Gasteiger charge is 2.12. The Kier molecular flexibility index (Phi) is 19.2. The summed E-state index contributed by atoms with van der Waals surface area (Å²) < 4.78 is 0. The number of hydrogen-bond acceptors (Lipinski definition) is 2. The average molecular weight is 469 g/mol. The van der Waals surface area contributed by atoms with Crippen LogP contribution in [0, 0.1) is 0 Å². The minimum Gasteiger partial charge on any atom is -0.317 e. The molecule has 0 saturated carbocycles. The Morgan fingerprint density at radius 1 is 0.824 bits per heavy atom. The molecule has 3 nitrogen and oxygen atoms in total. The van der Waals surface area contributed by atoms with Gasteiger partial charge in [0.05, 0.1) is 0 Å². The fraction of sp³-hybridized carbons (Fsp3) is 0.645. The first-order chi connectivity index (χ1) is 16.7. The fourth-order valence-corrected chi connectivity index (χ4v) is 4.25. The second-order valence-corrected chi connectivity index (χ2v) is 9.43. The quantitative estimate of drug-likeness (QED) is 0.145. The van der Waals surface area contributed by atoms with Crippen molar-refractivity contribution in [2.75, 3.05) is 13.1 Å². The third-order valence-electron chi connectivity index (χ3n) is 6.41. The summed E-state index contributed by atoms with van der Waals surface area (Å²) in [4.78, 5) is 14.6. The van der Waals surface area contributed by atoms with Crippen molar-refractivity contribution in [1.82, 2.24) is 10.2 Å². The molecule has 1 aromatic rings. The summed E-state index contributed by atoms with van der Waals surface area (Å²) >= 11 is 0. The van der Waals surface area contributed by atoms with Gasteiger partial charge in [0.25, 0.3) is 0 Å². The normalized spacial score (nSPS) is 11.9. The number of nitrogens with zero attached hydrogens (tertiary/aromatic N) is 1. The van der Waals surface area contributed by atoms with Crippen LogP contribution in [0.25, 0.3) is 0 Å².